The summed E-state index contributed by atoms with van der Waals surface area (Å²) in [5.74, 6) is 1.48. The van der Waals surface area contributed by atoms with E-state index in [0.29, 0.717) is 5.92 Å². The van der Waals surface area contributed by atoms with Gasteiger partial charge in [-0.3, -0.25) is 4.98 Å². The molecule has 19 heavy (non-hydrogen) atoms. The number of hydrogen-bond acceptors (Lipinski definition) is 3. The summed E-state index contributed by atoms with van der Waals surface area (Å²) in [6.45, 7) is 9.29. The molecular weight excluding hydrogens is 236 g/mol. The van der Waals surface area contributed by atoms with E-state index in [1.165, 1.54) is 12.8 Å². The van der Waals surface area contributed by atoms with E-state index in [2.05, 4.69) is 25.8 Å². The smallest absolute Gasteiger partial charge is 0.140 e. The molecule has 0 aliphatic rings. The summed E-state index contributed by atoms with van der Waals surface area (Å²) in [4.78, 5) is 4.58. The van der Waals surface area contributed by atoms with Gasteiger partial charge < -0.3 is 10.5 Å². The Hall–Kier alpha value is -1.09. The molecule has 3 nitrogen and oxygen atoms in total. The first-order valence-electron chi connectivity index (χ1n) is 7.41. The molecule has 1 heterocycles. The zero-order chi connectivity index (χ0) is 14.3. The molecule has 0 radical (unpaired) electrons. The third-order valence-electron chi connectivity index (χ3n) is 3.36. The summed E-state index contributed by atoms with van der Waals surface area (Å²) < 4.78 is 5.93. The van der Waals surface area contributed by atoms with E-state index in [9.17, 15) is 0 Å². The Morgan fingerprint density at radius 2 is 2.05 bits per heavy atom. The van der Waals surface area contributed by atoms with Crippen LogP contribution in [-0.2, 0) is 6.42 Å². The van der Waals surface area contributed by atoms with E-state index < -0.39 is 0 Å². The number of rotatable bonds is 8. The number of ether oxygens (including phenoxy) is 1. The van der Waals surface area contributed by atoms with Crippen molar-refractivity contribution in [3.63, 3.8) is 0 Å². The quantitative estimate of drug-likeness (QED) is 0.782. The fraction of sp³-hybridized carbons (Fsp3) is 0.688. The molecule has 0 aromatic carbocycles. The summed E-state index contributed by atoms with van der Waals surface area (Å²) in [6.07, 6.45) is 4.14. The van der Waals surface area contributed by atoms with Crippen LogP contribution in [-0.4, -0.2) is 17.6 Å². The normalized spacial score (nSPS) is 14.2. The van der Waals surface area contributed by atoms with Crippen molar-refractivity contribution in [2.45, 2.75) is 59.4 Å². The molecule has 2 atom stereocenters. The summed E-state index contributed by atoms with van der Waals surface area (Å²) >= 11 is 0. The van der Waals surface area contributed by atoms with Gasteiger partial charge in [0.1, 0.15) is 5.75 Å². The Balaban J connectivity index is 2.70. The van der Waals surface area contributed by atoms with Crippen LogP contribution >= 0.6 is 0 Å². The molecule has 1 aromatic heterocycles. The van der Waals surface area contributed by atoms with E-state index in [1.807, 2.05) is 19.1 Å². The van der Waals surface area contributed by atoms with Crippen molar-refractivity contribution < 1.29 is 4.74 Å². The number of aromatic nitrogens is 1. The van der Waals surface area contributed by atoms with E-state index in [0.717, 1.165) is 36.6 Å². The summed E-state index contributed by atoms with van der Waals surface area (Å²) in [5, 5.41) is 0. The molecule has 0 fully saturated rings. The predicted octanol–water partition coefficient (Wildman–Crippen LogP) is 3.48. The van der Waals surface area contributed by atoms with Gasteiger partial charge in [0.15, 0.2) is 0 Å². The van der Waals surface area contributed by atoms with Gasteiger partial charge in [-0.15, -0.1) is 0 Å². The molecule has 0 saturated carbocycles. The minimum atomic E-state index is 0.157. The number of aryl methyl sites for hydroxylation is 1. The van der Waals surface area contributed by atoms with Gasteiger partial charge in [-0.25, -0.2) is 0 Å². The van der Waals surface area contributed by atoms with Gasteiger partial charge in [0.25, 0.3) is 0 Å². The molecule has 1 rings (SSSR count). The molecule has 2 N–H and O–H groups in total. The van der Waals surface area contributed by atoms with Crippen LogP contribution in [0.2, 0.25) is 0 Å². The lowest BCUT2D eigenvalue weighted by Crippen LogP contribution is -2.23. The van der Waals surface area contributed by atoms with Crippen molar-refractivity contribution in [1.29, 1.82) is 0 Å². The number of pyridine rings is 1. The molecule has 3 heteroatoms. The van der Waals surface area contributed by atoms with Gasteiger partial charge in [-0.2, -0.15) is 0 Å². The van der Waals surface area contributed by atoms with Gasteiger partial charge in [0, 0.05) is 18.2 Å². The lowest BCUT2D eigenvalue weighted by molar-refractivity contribution is 0.247. The highest BCUT2D eigenvalue weighted by Gasteiger charge is 2.11. The Morgan fingerprint density at radius 1 is 1.32 bits per heavy atom. The lowest BCUT2D eigenvalue weighted by atomic mass is 10.1. The zero-order valence-corrected chi connectivity index (χ0v) is 12.8. The van der Waals surface area contributed by atoms with Gasteiger partial charge in [0.2, 0.25) is 0 Å². The number of nitrogens with two attached hydrogens (primary N) is 1. The van der Waals surface area contributed by atoms with Gasteiger partial charge in [-0.05, 0) is 37.8 Å². The average Bonchev–Trinajstić information content (AvgIpc) is 2.38. The van der Waals surface area contributed by atoms with Crippen molar-refractivity contribution in [1.82, 2.24) is 4.98 Å². The Kier molecular flexibility index (Phi) is 6.85. The second kappa shape index (κ2) is 8.16. The maximum Gasteiger partial charge on any atom is 0.140 e. The van der Waals surface area contributed by atoms with Crippen LogP contribution in [0.15, 0.2) is 12.1 Å². The molecule has 0 aliphatic heterocycles. The van der Waals surface area contributed by atoms with E-state index in [4.69, 9.17) is 10.5 Å². The van der Waals surface area contributed by atoms with Crippen molar-refractivity contribution in [3.8, 4) is 5.75 Å². The Morgan fingerprint density at radius 3 is 2.68 bits per heavy atom. The monoisotopic (exact) mass is 264 g/mol. The maximum absolute atomic E-state index is 6.03. The number of nitrogens with zero attached hydrogens (tertiary/aromatic N) is 1. The second-order valence-electron chi connectivity index (χ2n) is 5.47. The van der Waals surface area contributed by atoms with Gasteiger partial charge >= 0.3 is 0 Å². The standard InChI is InChI=1S/C16H28N2O/c1-5-7-12(3)11-19-16-9-8-13(4)18-15(16)10-14(17)6-2/h8-9,12,14H,5-7,10-11,17H2,1-4H3. The minimum Gasteiger partial charge on any atom is -0.491 e. The number of hydrogen-bond donors (Lipinski definition) is 1. The molecule has 0 amide bonds. The van der Waals surface area contributed by atoms with Crippen LogP contribution < -0.4 is 10.5 Å². The highest BCUT2D eigenvalue weighted by molar-refractivity contribution is 5.30. The van der Waals surface area contributed by atoms with E-state index in [-0.39, 0.29) is 6.04 Å². The molecule has 0 bridgehead atoms. The third-order valence-corrected chi connectivity index (χ3v) is 3.36. The summed E-state index contributed by atoms with van der Waals surface area (Å²) in [7, 11) is 0. The van der Waals surface area contributed by atoms with Crippen LogP contribution in [0.1, 0.15) is 51.4 Å². The third kappa shape index (κ3) is 5.60. The summed E-state index contributed by atoms with van der Waals surface area (Å²) in [5.41, 5.74) is 8.05. The molecule has 0 aliphatic carbocycles. The molecule has 2 unspecified atom stereocenters. The highest BCUT2D eigenvalue weighted by Crippen LogP contribution is 2.20. The summed E-state index contributed by atoms with van der Waals surface area (Å²) in [6, 6.07) is 4.18. The first-order valence-corrected chi connectivity index (χ1v) is 7.41. The van der Waals surface area contributed by atoms with Gasteiger partial charge in [0.05, 0.1) is 12.3 Å². The Labute approximate surface area is 117 Å². The molecule has 1 aromatic rings. The van der Waals surface area contributed by atoms with Crippen LogP contribution in [0.3, 0.4) is 0 Å². The first kappa shape index (κ1) is 16.0. The fourth-order valence-electron chi connectivity index (χ4n) is 2.08. The van der Waals surface area contributed by atoms with Crippen molar-refractivity contribution in [3.05, 3.63) is 23.5 Å². The average molecular weight is 264 g/mol. The second-order valence-corrected chi connectivity index (χ2v) is 5.47. The van der Waals surface area contributed by atoms with Crippen molar-refractivity contribution in [2.75, 3.05) is 6.61 Å². The fourth-order valence-corrected chi connectivity index (χ4v) is 2.08. The largest absolute Gasteiger partial charge is 0.491 e. The molecule has 108 valence electrons. The van der Waals surface area contributed by atoms with Crippen LogP contribution in [0, 0.1) is 12.8 Å². The van der Waals surface area contributed by atoms with Crippen LogP contribution in [0.4, 0.5) is 0 Å². The van der Waals surface area contributed by atoms with Crippen LogP contribution in [0.5, 0.6) is 5.75 Å². The predicted molar refractivity (Wildman–Crippen MR) is 80.5 cm³/mol. The van der Waals surface area contributed by atoms with Crippen molar-refractivity contribution in [2.24, 2.45) is 11.7 Å². The highest BCUT2D eigenvalue weighted by atomic mass is 16.5. The van der Waals surface area contributed by atoms with E-state index in [1.54, 1.807) is 0 Å². The first-order chi connectivity index (χ1) is 9.06. The molecular formula is C16H28N2O. The molecule has 0 saturated heterocycles. The van der Waals surface area contributed by atoms with E-state index >= 15 is 0 Å². The van der Waals surface area contributed by atoms with Crippen molar-refractivity contribution >= 4 is 0 Å². The molecule has 0 spiro atoms. The topological polar surface area (TPSA) is 48.1 Å². The minimum absolute atomic E-state index is 0.157. The maximum atomic E-state index is 6.03. The Bertz CT molecular complexity index is 379. The zero-order valence-electron chi connectivity index (χ0n) is 12.8. The lowest BCUT2D eigenvalue weighted by Gasteiger charge is -2.16. The van der Waals surface area contributed by atoms with Gasteiger partial charge in [-0.1, -0.05) is 27.2 Å². The van der Waals surface area contributed by atoms with Crippen LogP contribution in [0.25, 0.3) is 0 Å². The SMILES string of the molecule is CCCC(C)COc1ccc(C)nc1CC(N)CC.